The van der Waals surface area contributed by atoms with Gasteiger partial charge in [0.05, 0.1) is 16.3 Å². The molecule has 0 saturated heterocycles. The van der Waals surface area contributed by atoms with Crippen molar-refractivity contribution in [2.45, 2.75) is 14.7 Å². The third kappa shape index (κ3) is 7.18. The highest BCUT2D eigenvalue weighted by molar-refractivity contribution is 7.99. The number of para-hydroxylation sites is 1. The molecule has 1 amide bonds. The van der Waals surface area contributed by atoms with Crippen LogP contribution in [0, 0.1) is 0 Å². The molecule has 36 heavy (non-hydrogen) atoms. The molecule has 6 nitrogen and oxygen atoms in total. The Morgan fingerprint density at radius 2 is 1.47 bits per heavy atom. The summed E-state index contributed by atoms with van der Waals surface area (Å²) in [6.45, 7) is -0.240. The number of rotatable bonds is 9. The molecule has 0 unspecified atom stereocenters. The molecule has 10 heteroatoms. The van der Waals surface area contributed by atoms with Crippen molar-refractivity contribution >= 4 is 62.3 Å². The Kier molecular flexibility index (Phi) is 8.43. The number of carbonyl (C=O) groups excluding carboxylic acids is 1. The Balaban J connectivity index is 1.35. The van der Waals surface area contributed by atoms with Crippen molar-refractivity contribution in [1.29, 1.82) is 0 Å². The molecule has 0 fully saturated rings. The molecule has 0 aliphatic heterocycles. The van der Waals surface area contributed by atoms with Gasteiger partial charge in [-0.3, -0.25) is 9.52 Å². The van der Waals surface area contributed by atoms with E-state index in [0.29, 0.717) is 21.5 Å². The highest BCUT2D eigenvalue weighted by Gasteiger charge is 2.15. The van der Waals surface area contributed by atoms with Crippen LogP contribution in [-0.2, 0) is 14.8 Å². The van der Waals surface area contributed by atoms with Crippen molar-refractivity contribution in [2.24, 2.45) is 0 Å². The fraction of sp³-hybridized carbons (Fsp3) is 0.0385. The normalized spacial score (nSPS) is 11.1. The second kappa shape index (κ2) is 11.7. The maximum atomic E-state index is 12.7. The molecular formula is C26H20Cl2N2O4S2. The molecule has 4 rings (SSSR count). The molecule has 0 atom stereocenters. The lowest BCUT2D eigenvalue weighted by molar-refractivity contribution is -0.118. The number of nitrogens with one attached hydrogen (secondary N) is 2. The van der Waals surface area contributed by atoms with Gasteiger partial charge in [0.1, 0.15) is 5.75 Å². The van der Waals surface area contributed by atoms with Crippen molar-refractivity contribution in [3.05, 3.63) is 107 Å². The first-order valence-electron chi connectivity index (χ1n) is 10.6. The number of carbonyl (C=O) groups is 1. The Hall–Kier alpha value is -3.17. The molecule has 0 aliphatic carbocycles. The molecule has 2 N–H and O–H groups in total. The average Bonchev–Trinajstić information content (AvgIpc) is 2.84. The first-order valence-corrected chi connectivity index (χ1v) is 13.7. The lowest BCUT2D eigenvalue weighted by Gasteiger charge is -2.12. The van der Waals surface area contributed by atoms with E-state index in [1.165, 1.54) is 42.5 Å². The quantitative estimate of drug-likeness (QED) is 0.232. The van der Waals surface area contributed by atoms with Gasteiger partial charge in [0.25, 0.3) is 15.9 Å². The number of amides is 1. The highest BCUT2D eigenvalue weighted by atomic mass is 35.5. The summed E-state index contributed by atoms with van der Waals surface area (Å²) in [7, 11) is -3.87. The van der Waals surface area contributed by atoms with Crippen LogP contribution in [0.5, 0.6) is 5.75 Å². The van der Waals surface area contributed by atoms with Crippen LogP contribution in [-0.4, -0.2) is 20.9 Å². The standard InChI is InChI=1S/C26H20Cl2N2O4S2/c27-18-14-19(28)16-20(15-18)30-36(32,33)23-12-10-21(11-13-23)34-17-26(31)29-24-8-4-5-9-25(24)35-22-6-2-1-3-7-22/h1-16,30H,17H2,(H,29,31). The van der Waals surface area contributed by atoms with Gasteiger partial charge in [-0.25, -0.2) is 8.42 Å². The third-order valence-corrected chi connectivity index (χ3v) is 7.67. The second-order valence-corrected chi connectivity index (χ2v) is 11.2. The van der Waals surface area contributed by atoms with Gasteiger partial charge in [0.15, 0.2) is 6.61 Å². The first-order chi connectivity index (χ1) is 17.3. The van der Waals surface area contributed by atoms with Gasteiger partial charge >= 0.3 is 0 Å². The van der Waals surface area contributed by atoms with Crippen LogP contribution in [0.15, 0.2) is 112 Å². The van der Waals surface area contributed by atoms with Gasteiger partial charge in [0.2, 0.25) is 0 Å². The number of hydrogen-bond donors (Lipinski definition) is 2. The van der Waals surface area contributed by atoms with Crippen LogP contribution in [0.25, 0.3) is 0 Å². The number of hydrogen-bond acceptors (Lipinski definition) is 5. The largest absolute Gasteiger partial charge is 0.484 e. The second-order valence-electron chi connectivity index (χ2n) is 7.48. The van der Waals surface area contributed by atoms with E-state index in [0.717, 1.165) is 9.79 Å². The van der Waals surface area contributed by atoms with Crippen molar-refractivity contribution in [3.8, 4) is 5.75 Å². The zero-order valence-corrected chi connectivity index (χ0v) is 21.8. The lowest BCUT2D eigenvalue weighted by Crippen LogP contribution is -2.20. The molecule has 184 valence electrons. The fourth-order valence-corrected chi connectivity index (χ4v) is 5.64. The predicted octanol–water partition coefficient (Wildman–Crippen LogP) is 6.96. The van der Waals surface area contributed by atoms with Crippen LogP contribution >= 0.6 is 35.0 Å². The first kappa shape index (κ1) is 25.9. The Morgan fingerprint density at radius 3 is 2.17 bits per heavy atom. The van der Waals surface area contributed by atoms with E-state index < -0.39 is 10.0 Å². The van der Waals surface area contributed by atoms with E-state index in [1.54, 1.807) is 11.8 Å². The van der Waals surface area contributed by atoms with Crippen LogP contribution in [0.2, 0.25) is 10.0 Å². The average molecular weight is 559 g/mol. The molecule has 0 heterocycles. The Labute approximate surface area is 223 Å². The van der Waals surface area contributed by atoms with Crippen molar-refractivity contribution in [3.63, 3.8) is 0 Å². The van der Waals surface area contributed by atoms with Gasteiger partial charge in [0, 0.05) is 19.8 Å². The van der Waals surface area contributed by atoms with Crippen LogP contribution < -0.4 is 14.8 Å². The predicted molar refractivity (Wildman–Crippen MR) is 145 cm³/mol. The Bertz CT molecular complexity index is 1450. The van der Waals surface area contributed by atoms with E-state index in [-0.39, 0.29) is 23.1 Å². The minimum atomic E-state index is -3.87. The number of halogens is 2. The minimum Gasteiger partial charge on any atom is -0.484 e. The highest BCUT2D eigenvalue weighted by Crippen LogP contribution is 2.33. The minimum absolute atomic E-state index is 0.0160. The van der Waals surface area contributed by atoms with Crippen molar-refractivity contribution in [2.75, 3.05) is 16.6 Å². The summed E-state index contributed by atoms with van der Waals surface area (Å²) in [5.41, 5.74) is 0.920. The SMILES string of the molecule is O=C(COc1ccc(S(=O)(=O)Nc2cc(Cl)cc(Cl)c2)cc1)Nc1ccccc1Sc1ccccc1. The van der Waals surface area contributed by atoms with E-state index in [9.17, 15) is 13.2 Å². The van der Waals surface area contributed by atoms with E-state index in [1.807, 2.05) is 54.6 Å². The smallest absolute Gasteiger partial charge is 0.262 e. The molecule has 0 radical (unpaired) electrons. The summed E-state index contributed by atoms with van der Waals surface area (Å²) in [6.07, 6.45) is 0. The van der Waals surface area contributed by atoms with Gasteiger partial charge in [-0.15, -0.1) is 0 Å². The van der Waals surface area contributed by atoms with Gasteiger partial charge in [-0.2, -0.15) is 0 Å². The molecule has 0 aliphatic rings. The van der Waals surface area contributed by atoms with Gasteiger partial charge in [-0.05, 0) is 66.7 Å². The van der Waals surface area contributed by atoms with Crippen molar-refractivity contribution < 1.29 is 17.9 Å². The van der Waals surface area contributed by atoms with Crippen LogP contribution in [0.3, 0.4) is 0 Å². The molecule has 0 bridgehead atoms. The number of ether oxygens (including phenoxy) is 1. The summed E-state index contributed by atoms with van der Waals surface area (Å²) >= 11 is 13.4. The third-order valence-electron chi connectivity index (χ3n) is 4.75. The maximum absolute atomic E-state index is 12.7. The molecule has 0 spiro atoms. The van der Waals surface area contributed by atoms with Gasteiger partial charge < -0.3 is 10.1 Å². The molecular weight excluding hydrogens is 539 g/mol. The zero-order valence-electron chi connectivity index (χ0n) is 18.7. The number of anilines is 2. The van der Waals surface area contributed by atoms with Crippen LogP contribution in [0.4, 0.5) is 11.4 Å². The van der Waals surface area contributed by atoms with E-state index in [2.05, 4.69) is 10.0 Å². The summed E-state index contributed by atoms with van der Waals surface area (Å²) < 4.78 is 33.3. The summed E-state index contributed by atoms with van der Waals surface area (Å²) in [6, 6.07) is 27.5. The van der Waals surface area contributed by atoms with Crippen LogP contribution in [0.1, 0.15) is 0 Å². The fourth-order valence-electron chi connectivity index (χ4n) is 3.15. The molecule has 0 saturated carbocycles. The van der Waals surface area contributed by atoms with Crippen molar-refractivity contribution in [1.82, 2.24) is 0 Å². The summed E-state index contributed by atoms with van der Waals surface area (Å²) in [4.78, 5) is 14.5. The molecule has 0 aromatic heterocycles. The monoisotopic (exact) mass is 558 g/mol. The molecule has 4 aromatic carbocycles. The zero-order chi connectivity index (χ0) is 25.5. The summed E-state index contributed by atoms with van der Waals surface area (Å²) in [5, 5.41) is 3.48. The summed E-state index contributed by atoms with van der Waals surface area (Å²) in [5.74, 6) is 0.00848. The number of sulfonamides is 1. The Morgan fingerprint density at radius 1 is 0.833 bits per heavy atom. The van der Waals surface area contributed by atoms with E-state index >= 15 is 0 Å². The maximum Gasteiger partial charge on any atom is 0.262 e. The van der Waals surface area contributed by atoms with E-state index in [4.69, 9.17) is 27.9 Å². The van der Waals surface area contributed by atoms with Gasteiger partial charge in [-0.1, -0.05) is 65.3 Å². The number of benzene rings is 4. The topological polar surface area (TPSA) is 84.5 Å². The molecule has 4 aromatic rings. The lowest BCUT2D eigenvalue weighted by atomic mass is 10.3.